The maximum atomic E-state index is 15.6. The van der Waals surface area contributed by atoms with Crippen molar-refractivity contribution in [3.05, 3.63) is 256 Å². The van der Waals surface area contributed by atoms with E-state index in [9.17, 15) is 53.3 Å². The van der Waals surface area contributed by atoms with E-state index >= 15 is 26.3 Å². The number of hydrogen-bond acceptors (Lipinski definition) is 21. The van der Waals surface area contributed by atoms with Crippen LogP contribution in [0, 0.1) is 101 Å². The standard InChI is InChI=1S/C33H30Cl3F2N7O2.2C33H30Cl2F3N7O2/c1-7-21(46)44-16(5)12-43(13-17(44)6)31-18-10-20(34)29(22-25(37)23(35)24(36)27(40)26(22)38)42-32(18)45(33(47)19(31)11-39)30-15(4)8-9-41-28(30)14(2)3;2*1-7-21(46)44-16(5)12-43(13-17(44)6)31-18-10-20(34)29(22-24(36)26(38)23(35)27(40)25(22)37)42-32(18)45(33(47)19(31)11-39)30-15(4)8-9-41-28(30)14(2)3/h3*7-10,14,16-17H,1,12-13,40H2,2-6H3/t3*16-,17+. The number of nitrogens with two attached hydrogens (primary N) is 3. The van der Waals surface area contributed by atoms with E-state index in [2.05, 4.69) is 55.7 Å². The molecule has 3 aliphatic rings. The van der Waals surface area contributed by atoms with Gasteiger partial charge in [-0.15, -0.1) is 0 Å². The van der Waals surface area contributed by atoms with Gasteiger partial charge in [0.2, 0.25) is 17.7 Å². The third-order valence-corrected chi connectivity index (χ3v) is 27.4. The van der Waals surface area contributed by atoms with Crippen molar-refractivity contribution in [2.75, 3.05) is 71.2 Å². The minimum atomic E-state index is -1.68. The summed E-state index contributed by atoms with van der Waals surface area (Å²) in [7, 11) is 0. The Labute approximate surface area is 838 Å². The van der Waals surface area contributed by atoms with Gasteiger partial charge in [-0.25, -0.2) is 50.1 Å². The quantitative estimate of drug-likeness (QED) is 0.0282. The predicted octanol–water partition coefficient (Wildman–Crippen LogP) is 20.5. The summed E-state index contributed by atoms with van der Waals surface area (Å²) in [5, 5.41) is 28.2. The van der Waals surface area contributed by atoms with Gasteiger partial charge in [-0.2, -0.15) is 15.8 Å². The number of nitrogen functional groups attached to an aromatic ring is 3. The Morgan fingerprint density at radius 1 is 0.383 bits per heavy atom. The Morgan fingerprint density at radius 3 is 0.844 bits per heavy atom. The number of fused-ring (bicyclic) bond motifs is 3. The summed E-state index contributed by atoms with van der Waals surface area (Å²) in [6.07, 6.45) is 8.44. The molecule has 0 bridgehead atoms. The number of nitrogens with zero attached hydrogens (tertiary/aromatic N) is 18. The van der Waals surface area contributed by atoms with Gasteiger partial charge < -0.3 is 46.6 Å². The lowest BCUT2D eigenvalue weighted by Crippen LogP contribution is -2.58. The molecule has 3 saturated heterocycles. The van der Waals surface area contributed by atoms with Gasteiger partial charge in [-0.1, -0.05) is 142 Å². The summed E-state index contributed by atoms with van der Waals surface area (Å²) < 4.78 is 126. The molecule has 9 aromatic heterocycles. The molecular formula is C99H90Cl7F8N21O6. The van der Waals surface area contributed by atoms with Gasteiger partial charge in [0.05, 0.1) is 127 Å². The van der Waals surface area contributed by atoms with Gasteiger partial charge >= 0.3 is 0 Å². The molecule has 3 aliphatic heterocycles. The fraction of sp³-hybridized carbons (Fsp3) is 0.303. The van der Waals surface area contributed by atoms with Crippen LogP contribution in [0.15, 0.2) is 107 Å². The zero-order chi connectivity index (χ0) is 104. The number of aryl methyl sites for hydroxylation is 3. The number of piperazine rings is 3. The van der Waals surface area contributed by atoms with Crippen LogP contribution in [0.5, 0.6) is 0 Å². The first-order chi connectivity index (χ1) is 66.5. The van der Waals surface area contributed by atoms with Crippen LogP contribution in [-0.2, 0) is 14.4 Å². The van der Waals surface area contributed by atoms with Crippen LogP contribution in [0.1, 0.15) is 151 Å². The number of halogens is 15. The van der Waals surface area contributed by atoms with Crippen molar-refractivity contribution in [2.24, 2.45) is 0 Å². The van der Waals surface area contributed by atoms with Gasteiger partial charge in [0.1, 0.15) is 61.9 Å². The number of aromatic nitrogens is 9. The molecule has 0 radical (unpaired) electrons. The van der Waals surface area contributed by atoms with E-state index in [-0.39, 0.29) is 199 Å². The number of rotatable bonds is 15. The summed E-state index contributed by atoms with van der Waals surface area (Å²) in [6.45, 7) is 39.6. The van der Waals surface area contributed by atoms with Gasteiger partial charge in [-0.3, -0.25) is 57.4 Å². The topological polar surface area (TPSA) is 363 Å². The molecule has 15 rings (SSSR count). The molecule has 141 heavy (non-hydrogen) atoms. The smallest absolute Gasteiger partial charge is 0.276 e. The molecule has 6 atom stereocenters. The first-order valence-electron chi connectivity index (χ1n) is 43.9. The summed E-state index contributed by atoms with van der Waals surface area (Å²) in [5.41, 5.74) is 12.3. The van der Waals surface area contributed by atoms with Crippen molar-refractivity contribution < 1.29 is 49.5 Å². The van der Waals surface area contributed by atoms with Crippen LogP contribution < -0.4 is 48.6 Å². The third-order valence-electron chi connectivity index (χ3n) is 24.9. The Balaban J connectivity index is 0.000000178. The molecule has 3 aromatic carbocycles. The number of anilines is 6. The van der Waals surface area contributed by atoms with Crippen molar-refractivity contribution >= 4 is 166 Å². The van der Waals surface area contributed by atoms with E-state index in [1.165, 1.54) is 50.1 Å². The highest BCUT2D eigenvalue weighted by Crippen LogP contribution is 2.49. The molecule has 12 heterocycles. The minimum absolute atomic E-state index is 0.0465. The molecule has 12 aromatic rings. The average Bonchev–Trinajstić information content (AvgIpc) is 0.725. The second-order valence-electron chi connectivity index (χ2n) is 35.3. The maximum Gasteiger partial charge on any atom is 0.276 e. The monoisotopic (exact) mass is 2070 g/mol. The van der Waals surface area contributed by atoms with Crippen molar-refractivity contribution in [2.45, 2.75) is 158 Å². The normalized spacial score (nSPS) is 16.6. The average molecular weight is 2070 g/mol. The number of carbonyl (C=O) groups is 3. The lowest BCUT2D eigenvalue weighted by molar-refractivity contribution is -0.131. The first kappa shape index (κ1) is 105. The second kappa shape index (κ2) is 41.0. The van der Waals surface area contributed by atoms with Crippen LogP contribution >= 0.6 is 81.2 Å². The van der Waals surface area contributed by atoms with Crippen LogP contribution in [0.2, 0.25) is 35.2 Å². The number of benzene rings is 3. The highest BCUT2D eigenvalue weighted by atomic mass is 35.5. The van der Waals surface area contributed by atoms with E-state index in [1.807, 2.05) is 100 Å². The fourth-order valence-electron chi connectivity index (χ4n) is 18.8. The van der Waals surface area contributed by atoms with Crippen LogP contribution in [0.3, 0.4) is 0 Å². The molecule has 42 heteroatoms. The third kappa shape index (κ3) is 18.2. The first-order valence-corrected chi connectivity index (χ1v) is 46.5. The Hall–Kier alpha value is -13.4. The van der Waals surface area contributed by atoms with Crippen molar-refractivity contribution in [3.8, 4) is 69.0 Å². The number of pyridine rings is 9. The maximum absolute atomic E-state index is 15.6. The molecule has 732 valence electrons. The lowest BCUT2D eigenvalue weighted by atomic mass is 10.0. The zero-order valence-electron chi connectivity index (χ0n) is 78.4. The Kier molecular flexibility index (Phi) is 30.5. The van der Waals surface area contributed by atoms with Gasteiger partial charge in [0.25, 0.3) is 16.7 Å². The highest BCUT2D eigenvalue weighted by Gasteiger charge is 2.42. The van der Waals surface area contributed by atoms with Crippen molar-refractivity contribution in [1.29, 1.82) is 15.8 Å². The largest absolute Gasteiger partial charge is 0.395 e. The summed E-state index contributed by atoms with van der Waals surface area (Å²) in [6, 6.07) is 13.1. The zero-order valence-corrected chi connectivity index (χ0v) is 83.7. The summed E-state index contributed by atoms with van der Waals surface area (Å²) in [4.78, 5) is 119. The number of hydrogen-bond donors (Lipinski definition) is 3. The SMILES string of the molecule is C=CC(=O)N1[C@H](C)CN(c2c(C#N)c(=O)n(-c3c(C)ccnc3C(C)C)c3nc(-c4c(F)c(N)c(Cl)c(Cl)c4F)c(Cl)cc23)C[C@@H]1C.C=CC(=O)N1[C@H](C)CN(c2c(C#N)c(=O)n(-c3c(C)ccnc3C(C)C)c3nc(-c4c(F)c(N)c(Cl)c(F)c4F)c(Cl)cc23)C[C@@H]1C.C=CC(=O)N1[C@H](C)CN(c2c(C#N)c(=O)n(-c3c(C)ccnc3C(C)C)c3nc(-c4c(F)c(N)c(Cl)c(F)c4F)c(Cl)cc23)C[C@@H]1C. The molecule has 6 N–H and O–H groups in total. The second-order valence-corrected chi connectivity index (χ2v) is 38.1. The number of amides is 3. The van der Waals surface area contributed by atoms with Crippen LogP contribution in [0.4, 0.5) is 69.2 Å². The lowest BCUT2D eigenvalue weighted by Gasteiger charge is -2.45. The number of carbonyl (C=O) groups excluding carboxylic acids is 3. The fourth-order valence-corrected chi connectivity index (χ4v) is 20.2. The van der Waals surface area contributed by atoms with Crippen molar-refractivity contribution in [1.82, 2.24) is 58.3 Å². The molecule has 0 unspecified atom stereocenters. The van der Waals surface area contributed by atoms with Crippen LogP contribution in [-0.4, -0.2) is 152 Å². The van der Waals surface area contributed by atoms with E-state index in [1.54, 1.807) is 82.1 Å². The molecular weight excluding hydrogens is 1980 g/mol. The van der Waals surface area contributed by atoms with Crippen molar-refractivity contribution in [3.63, 3.8) is 0 Å². The molecule has 3 amide bonds. The number of nitriles is 3. The van der Waals surface area contributed by atoms with Gasteiger partial charge in [0, 0.05) is 110 Å². The molecule has 0 spiro atoms. The van der Waals surface area contributed by atoms with E-state index < -0.39 is 128 Å². The minimum Gasteiger partial charge on any atom is -0.395 e. The van der Waals surface area contributed by atoms with E-state index in [0.717, 1.165) is 0 Å². The Morgan fingerprint density at radius 2 is 0.617 bits per heavy atom. The van der Waals surface area contributed by atoms with Crippen LogP contribution in [0.25, 0.3) is 83.9 Å². The van der Waals surface area contributed by atoms with E-state index in [0.29, 0.717) is 50.8 Å². The Bertz CT molecular complexity index is 6860. The van der Waals surface area contributed by atoms with E-state index in [4.69, 9.17) is 98.4 Å². The molecule has 0 aliphatic carbocycles. The highest BCUT2D eigenvalue weighted by molar-refractivity contribution is 6.44. The molecule has 3 fully saturated rings. The molecule has 27 nitrogen and oxygen atoms in total. The predicted molar refractivity (Wildman–Crippen MR) is 535 cm³/mol. The van der Waals surface area contributed by atoms with Gasteiger partial charge in [0.15, 0.2) is 46.5 Å². The summed E-state index contributed by atoms with van der Waals surface area (Å²) in [5.74, 6) is -13.2. The summed E-state index contributed by atoms with van der Waals surface area (Å²) >= 11 is 43.6. The molecule has 0 saturated carbocycles. The van der Waals surface area contributed by atoms with Gasteiger partial charge in [-0.05, 0) is 151 Å².